The number of amides is 1. The van der Waals surface area contributed by atoms with E-state index in [9.17, 15) is 14.4 Å². The molecule has 3 atom stereocenters. The molecule has 0 radical (unpaired) electrons. The Kier molecular flexibility index (Phi) is 9.23. The van der Waals surface area contributed by atoms with Gasteiger partial charge in [0.15, 0.2) is 22.4 Å². The number of benzene rings is 1. The number of nitrogens with one attached hydrogen (secondary N) is 1. The van der Waals surface area contributed by atoms with Crippen molar-refractivity contribution in [2.45, 2.75) is 94.5 Å². The van der Waals surface area contributed by atoms with Crippen molar-refractivity contribution in [1.82, 2.24) is 9.55 Å². The van der Waals surface area contributed by atoms with E-state index in [4.69, 9.17) is 8.85 Å². The van der Waals surface area contributed by atoms with Gasteiger partial charge in [0.25, 0.3) is 5.91 Å². The number of carbonyl (C=O) groups excluding carboxylic acids is 2. The molecule has 0 unspecified atom stereocenters. The number of nitrogens with zero attached hydrogens (tertiary/aromatic N) is 2. The molecule has 1 amide bonds. The predicted molar refractivity (Wildman–Crippen MR) is 164 cm³/mol. The summed E-state index contributed by atoms with van der Waals surface area (Å²) in [4.78, 5) is 43.6. The lowest BCUT2D eigenvalue weighted by atomic mass is 10.2. The fourth-order valence-corrected chi connectivity index (χ4v) is 7.37. The van der Waals surface area contributed by atoms with Crippen molar-refractivity contribution in [3.05, 3.63) is 58.6 Å². The topological polar surface area (TPSA) is 99.5 Å². The lowest BCUT2D eigenvalue weighted by Crippen LogP contribution is -2.48. The second kappa shape index (κ2) is 11.4. The summed E-state index contributed by atoms with van der Waals surface area (Å²) < 4.78 is 14.5. The van der Waals surface area contributed by atoms with Crippen LogP contribution in [0.1, 0.15) is 57.3 Å². The molecule has 39 heavy (non-hydrogen) atoms. The molecule has 1 aliphatic rings. The van der Waals surface area contributed by atoms with E-state index in [2.05, 4.69) is 78.0 Å². The Bertz CT molecular complexity index is 1250. The fourth-order valence-electron chi connectivity index (χ4n) is 3.53. The van der Waals surface area contributed by atoms with Gasteiger partial charge in [-0.2, -0.15) is 4.98 Å². The molecule has 214 valence electrons. The maximum absolute atomic E-state index is 13.8. The summed E-state index contributed by atoms with van der Waals surface area (Å²) in [5.74, 6) is -0.256. The first-order valence-electron chi connectivity index (χ1n) is 13.3. The molecule has 0 bridgehead atoms. The molecule has 8 nitrogen and oxygen atoms in total. The van der Waals surface area contributed by atoms with Crippen LogP contribution >= 0.6 is 11.8 Å². The zero-order chi connectivity index (χ0) is 29.4. The highest BCUT2D eigenvalue weighted by Gasteiger charge is 2.51. The van der Waals surface area contributed by atoms with Crippen LogP contribution in [-0.4, -0.2) is 55.8 Å². The van der Waals surface area contributed by atoms with Gasteiger partial charge in [-0.05, 0) is 54.5 Å². The van der Waals surface area contributed by atoms with Crippen molar-refractivity contribution in [3.63, 3.8) is 0 Å². The molecular formula is C28H43N3O5SSi2. The Morgan fingerprint density at radius 1 is 0.974 bits per heavy atom. The van der Waals surface area contributed by atoms with Crippen LogP contribution in [0.25, 0.3) is 0 Å². The highest BCUT2D eigenvalue weighted by Crippen LogP contribution is 2.46. The quantitative estimate of drug-likeness (QED) is 0.372. The standard InChI is InChI=1S/C28H43N3O5SSi2/c1-27(2,3)38(7,8)35-18-20-22(32)23(36-39(9,10)28(4,5)6)25(37-20)31-17-16-21(30-26(31)34)29-24(33)19-14-12-11-13-15-19/h11-17,20,23,25H,18H2,1-10H3,(H,29,30,33,34)/t20-,23-,25-/m1/s1. The molecule has 2 heterocycles. The van der Waals surface area contributed by atoms with Crippen LogP contribution in [0.3, 0.4) is 0 Å². The van der Waals surface area contributed by atoms with Gasteiger partial charge in [0, 0.05) is 11.8 Å². The summed E-state index contributed by atoms with van der Waals surface area (Å²) in [7, 11) is -4.44. The van der Waals surface area contributed by atoms with Crippen LogP contribution in [0.5, 0.6) is 0 Å². The van der Waals surface area contributed by atoms with Gasteiger partial charge in [-0.25, -0.2) is 4.79 Å². The van der Waals surface area contributed by atoms with Gasteiger partial charge in [-0.15, -0.1) is 11.8 Å². The van der Waals surface area contributed by atoms with Crippen LogP contribution in [0.15, 0.2) is 47.4 Å². The van der Waals surface area contributed by atoms with Gasteiger partial charge < -0.3 is 14.2 Å². The average molecular weight is 590 g/mol. The highest BCUT2D eigenvalue weighted by atomic mass is 32.2. The number of anilines is 1. The van der Waals surface area contributed by atoms with E-state index in [0.29, 0.717) is 5.56 Å². The molecular weight excluding hydrogens is 547 g/mol. The normalized spacial score (nSPS) is 20.8. The second-order valence-corrected chi connectivity index (χ2v) is 24.0. The Balaban J connectivity index is 1.89. The first-order valence-corrected chi connectivity index (χ1v) is 20.1. The van der Waals surface area contributed by atoms with E-state index in [1.54, 1.807) is 36.5 Å². The molecule has 3 rings (SSSR count). The zero-order valence-corrected chi connectivity index (χ0v) is 27.6. The molecule has 0 spiro atoms. The van der Waals surface area contributed by atoms with Crippen LogP contribution in [0.4, 0.5) is 5.82 Å². The van der Waals surface area contributed by atoms with Crippen molar-refractivity contribution in [1.29, 1.82) is 0 Å². The number of rotatable bonds is 8. The van der Waals surface area contributed by atoms with Gasteiger partial charge in [-0.1, -0.05) is 59.7 Å². The summed E-state index contributed by atoms with van der Waals surface area (Å²) >= 11 is 1.39. The smallest absolute Gasteiger partial charge is 0.350 e. The second-order valence-electron chi connectivity index (χ2n) is 13.1. The maximum Gasteiger partial charge on any atom is 0.350 e. The van der Waals surface area contributed by atoms with E-state index in [-0.39, 0.29) is 34.2 Å². The zero-order valence-electron chi connectivity index (χ0n) is 24.8. The molecule has 2 aromatic rings. The van der Waals surface area contributed by atoms with E-state index >= 15 is 0 Å². The van der Waals surface area contributed by atoms with Gasteiger partial charge in [0.1, 0.15) is 17.3 Å². The molecule has 1 aromatic carbocycles. The largest absolute Gasteiger partial charge is 0.415 e. The predicted octanol–water partition coefficient (Wildman–Crippen LogP) is 6.09. The number of ketones is 1. The Hall–Kier alpha value is -2.06. The van der Waals surface area contributed by atoms with Crippen LogP contribution in [0.2, 0.25) is 36.3 Å². The van der Waals surface area contributed by atoms with Crippen LogP contribution in [0, 0.1) is 0 Å². The molecule has 1 aliphatic heterocycles. The van der Waals surface area contributed by atoms with Gasteiger partial charge in [0.2, 0.25) is 0 Å². The Labute approximate surface area is 238 Å². The van der Waals surface area contributed by atoms with Crippen LogP contribution < -0.4 is 11.0 Å². The number of thioether (sulfide) groups is 1. The Morgan fingerprint density at radius 3 is 2.10 bits per heavy atom. The summed E-state index contributed by atoms with van der Waals surface area (Å²) in [6.07, 6.45) is 0.785. The molecule has 0 saturated carbocycles. The lowest BCUT2D eigenvalue weighted by molar-refractivity contribution is -0.125. The van der Waals surface area contributed by atoms with Crippen molar-refractivity contribution < 1.29 is 18.4 Å². The third-order valence-electron chi connectivity index (χ3n) is 8.17. The third-order valence-corrected chi connectivity index (χ3v) is 18.6. The van der Waals surface area contributed by atoms with E-state index < -0.39 is 39.1 Å². The molecule has 1 saturated heterocycles. The van der Waals surface area contributed by atoms with Gasteiger partial charge in [-0.3, -0.25) is 14.2 Å². The van der Waals surface area contributed by atoms with Crippen molar-refractivity contribution in [3.8, 4) is 0 Å². The van der Waals surface area contributed by atoms with Crippen molar-refractivity contribution in [2.75, 3.05) is 11.9 Å². The molecule has 1 N–H and O–H groups in total. The van der Waals surface area contributed by atoms with Gasteiger partial charge in [0.05, 0.1) is 11.9 Å². The van der Waals surface area contributed by atoms with Crippen molar-refractivity contribution >= 4 is 45.9 Å². The summed E-state index contributed by atoms with van der Waals surface area (Å²) in [5.41, 5.74) is -0.0891. The van der Waals surface area contributed by atoms with E-state index in [0.717, 1.165) is 0 Å². The maximum atomic E-state index is 13.8. The van der Waals surface area contributed by atoms with Crippen LogP contribution in [-0.2, 0) is 13.6 Å². The van der Waals surface area contributed by atoms with E-state index in [1.807, 2.05) is 6.07 Å². The summed E-state index contributed by atoms with van der Waals surface area (Å²) in [6.45, 7) is 21.7. The first kappa shape index (κ1) is 31.5. The number of hydrogen-bond donors (Lipinski definition) is 1. The molecule has 0 aliphatic carbocycles. The average Bonchev–Trinajstić information content (AvgIpc) is 3.11. The SMILES string of the molecule is CC(C)(C)[Si](C)(C)OC[C@H]1S[C@@H](n2ccc(NC(=O)c3ccccc3)nc2=O)[C@H](O[Si](C)(C)C(C)(C)C)C1=O. The summed E-state index contributed by atoms with van der Waals surface area (Å²) in [5, 5.41) is 1.53. The lowest BCUT2D eigenvalue weighted by Gasteiger charge is -2.39. The summed E-state index contributed by atoms with van der Waals surface area (Å²) in [6, 6.07) is 10.3. The van der Waals surface area contributed by atoms with Crippen molar-refractivity contribution in [2.24, 2.45) is 0 Å². The minimum absolute atomic E-state index is 0.0105. The van der Waals surface area contributed by atoms with Gasteiger partial charge >= 0.3 is 5.69 Å². The number of aromatic nitrogens is 2. The minimum Gasteiger partial charge on any atom is -0.415 e. The highest BCUT2D eigenvalue weighted by molar-refractivity contribution is 8.01. The monoisotopic (exact) mass is 589 g/mol. The first-order chi connectivity index (χ1) is 17.8. The van der Waals surface area contributed by atoms with E-state index in [1.165, 1.54) is 16.3 Å². The fraction of sp³-hybridized carbons (Fsp3) is 0.571. The number of Topliss-reactive ketones (excluding diaryl/α,β-unsaturated/α-hetero) is 1. The third kappa shape index (κ3) is 7.18. The molecule has 11 heteroatoms. The molecule has 1 aromatic heterocycles. The minimum atomic E-state index is -2.35. The Morgan fingerprint density at radius 2 is 1.56 bits per heavy atom. The molecule has 1 fully saturated rings. The number of carbonyl (C=O) groups is 2. The number of hydrogen-bond acceptors (Lipinski definition) is 7.